The van der Waals surface area contributed by atoms with Gasteiger partial charge in [-0.25, -0.2) is 4.98 Å². The van der Waals surface area contributed by atoms with Crippen LogP contribution in [0.1, 0.15) is 19.3 Å². The lowest BCUT2D eigenvalue weighted by molar-refractivity contribution is 0.290. The third-order valence-electron chi connectivity index (χ3n) is 1.87. The highest BCUT2D eigenvalue weighted by molar-refractivity contribution is 7.11. The van der Waals surface area contributed by atoms with Gasteiger partial charge in [-0.15, -0.1) is 0 Å². The van der Waals surface area contributed by atoms with E-state index in [4.69, 9.17) is 4.74 Å². The van der Waals surface area contributed by atoms with Crippen molar-refractivity contribution in [2.45, 2.75) is 19.3 Å². The van der Waals surface area contributed by atoms with Gasteiger partial charge in [0.1, 0.15) is 0 Å². The maximum Gasteiger partial charge on any atom is 0.273 e. The zero-order valence-corrected chi connectivity index (χ0v) is 7.06. The van der Waals surface area contributed by atoms with Crippen LogP contribution < -0.4 is 4.74 Å². The molecule has 0 atom stereocenters. The second-order valence-electron chi connectivity index (χ2n) is 2.69. The van der Waals surface area contributed by atoms with Gasteiger partial charge in [-0.1, -0.05) is 17.8 Å². The van der Waals surface area contributed by atoms with Gasteiger partial charge in [-0.2, -0.15) is 0 Å². The van der Waals surface area contributed by atoms with Crippen molar-refractivity contribution in [1.29, 1.82) is 0 Å². The van der Waals surface area contributed by atoms with Crippen LogP contribution in [0.5, 0.6) is 5.19 Å². The number of ether oxygens (including phenoxy) is 1. The van der Waals surface area contributed by atoms with Crippen LogP contribution in [0.25, 0.3) is 0 Å². The minimum absolute atomic E-state index is 0.785. The molecule has 0 saturated heterocycles. The van der Waals surface area contributed by atoms with Crippen LogP contribution in [-0.2, 0) is 0 Å². The van der Waals surface area contributed by atoms with Crippen LogP contribution in [0.3, 0.4) is 0 Å². The fourth-order valence-electron chi connectivity index (χ4n) is 1.02. The molecule has 1 aliphatic rings. The summed E-state index contributed by atoms with van der Waals surface area (Å²) < 4.78 is 5.42. The molecule has 11 heavy (non-hydrogen) atoms. The maximum atomic E-state index is 5.42. The molecule has 1 aliphatic carbocycles. The van der Waals surface area contributed by atoms with Crippen LogP contribution in [0.4, 0.5) is 0 Å². The molecule has 0 unspecified atom stereocenters. The second-order valence-corrected chi connectivity index (χ2v) is 3.55. The molecule has 3 heteroatoms. The number of aromatic nitrogens is 1. The Bertz CT molecular complexity index is 206. The molecule has 0 N–H and O–H groups in total. The summed E-state index contributed by atoms with van der Waals surface area (Å²) >= 11 is 1.55. The quantitative estimate of drug-likeness (QED) is 0.690. The summed E-state index contributed by atoms with van der Waals surface area (Å²) in [6.07, 6.45) is 5.62. The highest BCUT2D eigenvalue weighted by Gasteiger charge is 2.18. The van der Waals surface area contributed by atoms with Crippen molar-refractivity contribution in [2.75, 3.05) is 6.61 Å². The molecule has 1 aromatic heterocycles. The summed E-state index contributed by atoms with van der Waals surface area (Å²) in [5, 5.41) is 2.73. The molecular formula is C8H10NOS. The molecule has 1 heterocycles. The molecule has 1 saturated carbocycles. The largest absolute Gasteiger partial charge is 0.469 e. The van der Waals surface area contributed by atoms with E-state index in [1.807, 2.05) is 5.38 Å². The zero-order valence-electron chi connectivity index (χ0n) is 6.25. The third kappa shape index (κ3) is 1.71. The van der Waals surface area contributed by atoms with E-state index in [0.29, 0.717) is 0 Å². The molecule has 0 amide bonds. The average Bonchev–Trinajstić information content (AvgIpc) is 2.36. The monoisotopic (exact) mass is 168 g/mol. The Morgan fingerprint density at radius 2 is 2.45 bits per heavy atom. The van der Waals surface area contributed by atoms with Gasteiger partial charge in [-0.3, -0.25) is 0 Å². The van der Waals surface area contributed by atoms with E-state index < -0.39 is 0 Å². The van der Waals surface area contributed by atoms with Crippen LogP contribution in [0, 0.1) is 5.92 Å². The summed E-state index contributed by atoms with van der Waals surface area (Å²) in [5.74, 6) is 1.53. The fraction of sp³-hybridized carbons (Fsp3) is 0.500. The Labute approximate surface area is 70.2 Å². The van der Waals surface area contributed by atoms with Crippen molar-refractivity contribution in [2.24, 2.45) is 0 Å². The SMILES string of the molecule is c1csc(OC[C]2CCC2)n1. The van der Waals surface area contributed by atoms with E-state index in [-0.39, 0.29) is 0 Å². The highest BCUT2D eigenvalue weighted by Crippen LogP contribution is 2.29. The normalized spacial score (nSPS) is 17.8. The predicted octanol–water partition coefficient (Wildman–Crippen LogP) is 2.28. The highest BCUT2D eigenvalue weighted by atomic mass is 32.1. The van der Waals surface area contributed by atoms with E-state index in [0.717, 1.165) is 11.8 Å². The lowest BCUT2D eigenvalue weighted by Crippen LogP contribution is -2.16. The molecule has 2 nitrogen and oxygen atoms in total. The van der Waals surface area contributed by atoms with Crippen molar-refractivity contribution in [1.82, 2.24) is 4.98 Å². The summed E-state index contributed by atoms with van der Waals surface area (Å²) in [4.78, 5) is 4.03. The van der Waals surface area contributed by atoms with Gasteiger partial charge in [-0.05, 0) is 12.8 Å². The summed E-state index contributed by atoms with van der Waals surface area (Å²) in [7, 11) is 0. The summed E-state index contributed by atoms with van der Waals surface area (Å²) in [6.45, 7) is 0.785. The Balaban J connectivity index is 1.74. The molecular weight excluding hydrogens is 158 g/mol. The third-order valence-corrected chi connectivity index (χ3v) is 2.55. The molecule has 59 valence electrons. The van der Waals surface area contributed by atoms with Gasteiger partial charge in [0.05, 0.1) is 6.61 Å². The molecule has 0 spiro atoms. The first-order valence-electron chi connectivity index (χ1n) is 3.81. The average molecular weight is 168 g/mol. The first-order chi connectivity index (χ1) is 5.45. The molecule has 1 fully saturated rings. The van der Waals surface area contributed by atoms with Crippen LogP contribution in [0.2, 0.25) is 0 Å². The topological polar surface area (TPSA) is 22.1 Å². The number of rotatable bonds is 3. The van der Waals surface area contributed by atoms with Crippen molar-refractivity contribution in [3.8, 4) is 5.19 Å². The van der Waals surface area contributed by atoms with Gasteiger partial charge in [0.2, 0.25) is 0 Å². The van der Waals surface area contributed by atoms with Gasteiger partial charge in [0.15, 0.2) is 0 Å². The van der Waals surface area contributed by atoms with Gasteiger partial charge in [0, 0.05) is 17.5 Å². The minimum atomic E-state index is 0.785. The molecule has 0 aromatic carbocycles. The molecule has 0 bridgehead atoms. The maximum absolute atomic E-state index is 5.42. The van der Waals surface area contributed by atoms with Crippen LogP contribution in [-0.4, -0.2) is 11.6 Å². The van der Waals surface area contributed by atoms with Gasteiger partial charge >= 0.3 is 0 Å². The number of hydrogen-bond donors (Lipinski definition) is 0. The van der Waals surface area contributed by atoms with Crippen LogP contribution in [0.15, 0.2) is 11.6 Å². The van der Waals surface area contributed by atoms with Crippen molar-refractivity contribution in [3.05, 3.63) is 17.5 Å². The van der Waals surface area contributed by atoms with E-state index >= 15 is 0 Å². The Kier molecular flexibility index (Phi) is 2.08. The van der Waals surface area contributed by atoms with Crippen molar-refractivity contribution in [3.63, 3.8) is 0 Å². The lowest BCUT2D eigenvalue weighted by atomic mass is 9.86. The van der Waals surface area contributed by atoms with E-state index in [9.17, 15) is 0 Å². The first kappa shape index (κ1) is 7.10. The molecule has 2 rings (SSSR count). The van der Waals surface area contributed by atoms with Gasteiger partial charge < -0.3 is 4.74 Å². The number of thiazole rings is 1. The van der Waals surface area contributed by atoms with Crippen LogP contribution >= 0.6 is 11.3 Å². The first-order valence-corrected chi connectivity index (χ1v) is 4.69. The number of nitrogens with zero attached hydrogens (tertiary/aromatic N) is 1. The van der Waals surface area contributed by atoms with E-state index in [1.54, 1.807) is 17.5 Å². The smallest absolute Gasteiger partial charge is 0.273 e. The predicted molar refractivity (Wildman–Crippen MR) is 44.7 cm³/mol. The molecule has 1 aromatic rings. The fourth-order valence-corrected chi connectivity index (χ4v) is 1.50. The number of hydrogen-bond acceptors (Lipinski definition) is 3. The molecule has 0 aliphatic heterocycles. The second kappa shape index (κ2) is 3.22. The van der Waals surface area contributed by atoms with Crippen molar-refractivity contribution >= 4 is 11.3 Å². The van der Waals surface area contributed by atoms with E-state index in [2.05, 4.69) is 4.98 Å². The van der Waals surface area contributed by atoms with Crippen molar-refractivity contribution < 1.29 is 4.74 Å². The lowest BCUT2D eigenvalue weighted by Gasteiger charge is -2.23. The Hall–Kier alpha value is -0.570. The van der Waals surface area contributed by atoms with Gasteiger partial charge in [0.25, 0.3) is 5.19 Å². The summed E-state index contributed by atoms with van der Waals surface area (Å²) in [5.41, 5.74) is 0. The minimum Gasteiger partial charge on any atom is -0.469 e. The molecule has 1 radical (unpaired) electrons. The van der Waals surface area contributed by atoms with E-state index in [1.165, 1.54) is 25.2 Å². The Morgan fingerprint density at radius 1 is 1.55 bits per heavy atom. The summed E-state index contributed by atoms with van der Waals surface area (Å²) in [6, 6.07) is 0. The zero-order chi connectivity index (χ0) is 7.52. The standard InChI is InChI=1S/C8H10NOS/c1-2-7(3-1)6-10-8-9-4-5-11-8/h4-5H,1-3,6H2. The Morgan fingerprint density at radius 3 is 3.00 bits per heavy atom.